The summed E-state index contributed by atoms with van der Waals surface area (Å²) in [4.78, 5) is 16.5. The summed E-state index contributed by atoms with van der Waals surface area (Å²) in [6.45, 7) is 6.93. The van der Waals surface area contributed by atoms with E-state index in [4.69, 9.17) is 27.9 Å². The van der Waals surface area contributed by atoms with Crippen LogP contribution in [0.5, 0.6) is 5.75 Å². The lowest BCUT2D eigenvalue weighted by Gasteiger charge is -2.36. The fourth-order valence-electron chi connectivity index (χ4n) is 3.09. The van der Waals surface area contributed by atoms with Gasteiger partial charge in [0.15, 0.2) is 6.61 Å². The number of rotatable bonds is 4. The maximum Gasteiger partial charge on any atom is 0.260 e. The van der Waals surface area contributed by atoms with Gasteiger partial charge in [0.2, 0.25) is 0 Å². The Kier molecular flexibility index (Phi) is 5.94. The minimum Gasteiger partial charge on any atom is -0.484 e. The first-order valence-corrected chi connectivity index (χ1v) is 9.37. The van der Waals surface area contributed by atoms with Crippen molar-refractivity contribution in [1.29, 1.82) is 0 Å². The number of amides is 1. The van der Waals surface area contributed by atoms with Gasteiger partial charge in [-0.2, -0.15) is 0 Å². The summed E-state index contributed by atoms with van der Waals surface area (Å²) in [6, 6.07) is 11.6. The molecule has 4 nitrogen and oxygen atoms in total. The van der Waals surface area contributed by atoms with Crippen molar-refractivity contribution in [2.45, 2.75) is 13.8 Å². The summed E-state index contributed by atoms with van der Waals surface area (Å²) in [6.07, 6.45) is 0. The third kappa shape index (κ3) is 4.43. The van der Waals surface area contributed by atoms with E-state index < -0.39 is 0 Å². The molecule has 2 aromatic rings. The molecular weight excluding hydrogens is 371 g/mol. The van der Waals surface area contributed by atoms with Crippen LogP contribution in [0.15, 0.2) is 36.4 Å². The van der Waals surface area contributed by atoms with Gasteiger partial charge in [-0.1, -0.05) is 40.9 Å². The Bertz CT molecular complexity index is 802. The van der Waals surface area contributed by atoms with E-state index in [9.17, 15) is 4.79 Å². The predicted molar refractivity (Wildman–Crippen MR) is 107 cm³/mol. The number of carbonyl (C=O) groups excluding carboxylic acids is 1. The number of aryl methyl sites for hydroxylation is 2. The van der Waals surface area contributed by atoms with E-state index in [2.05, 4.69) is 11.0 Å². The standard InChI is InChI=1S/C20H22Cl2N2O2/c1-14-3-6-19(15(2)11-14)26-13-20(25)24-9-7-23(8-10-24)16-4-5-17(21)18(22)12-16/h3-6,11-12H,7-10,13H2,1-2H3. The van der Waals surface area contributed by atoms with Crippen LogP contribution in [0.3, 0.4) is 0 Å². The number of hydrogen-bond donors (Lipinski definition) is 0. The number of piperazine rings is 1. The second-order valence-electron chi connectivity index (χ2n) is 6.52. The highest BCUT2D eigenvalue weighted by Crippen LogP contribution is 2.27. The monoisotopic (exact) mass is 392 g/mol. The normalized spacial score (nSPS) is 14.5. The molecule has 3 rings (SSSR count). The topological polar surface area (TPSA) is 32.8 Å². The molecule has 1 heterocycles. The maximum absolute atomic E-state index is 12.4. The number of halogens is 2. The Morgan fingerprint density at radius 2 is 1.73 bits per heavy atom. The molecule has 1 amide bonds. The van der Waals surface area contributed by atoms with Crippen molar-refractivity contribution in [1.82, 2.24) is 4.90 Å². The van der Waals surface area contributed by atoms with Crippen LogP contribution >= 0.6 is 23.2 Å². The molecule has 6 heteroatoms. The molecule has 0 saturated carbocycles. The van der Waals surface area contributed by atoms with E-state index in [0.29, 0.717) is 23.1 Å². The third-order valence-corrected chi connectivity index (χ3v) is 5.32. The van der Waals surface area contributed by atoms with Crippen molar-refractivity contribution >= 4 is 34.8 Å². The SMILES string of the molecule is Cc1ccc(OCC(=O)N2CCN(c3ccc(Cl)c(Cl)c3)CC2)c(C)c1. The summed E-state index contributed by atoms with van der Waals surface area (Å²) in [5.41, 5.74) is 3.25. The van der Waals surface area contributed by atoms with Gasteiger partial charge >= 0.3 is 0 Å². The first-order chi connectivity index (χ1) is 12.4. The zero-order valence-corrected chi connectivity index (χ0v) is 16.5. The van der Waals surface area contributed by atoms with Gasteiger partial charge in [0, 0.05) is 31.9 Å². The van der Waals surface area contributed by atoms with Crippen LogP contribution in [0.4, 0.5) is 5.69 Å². The number of nitrogens with zero attached hydrogens (tertiary/aromatic N) is 2. The lowest BCUT2D eigenvalue weighted by Crippen LogP contribution is -2.50. The predicted octanol–water partition coefficient (Wildman–Crippen LogP) is 4.34. The zero-order valence-electron chi connectivity index (χ0n) is 15.0. The highest BCUT2D eigenvalue weighted by Gasteiger charge is 2.22. The van der Waals surface area contributed by atoms with Gasteiger partial charge in [-0.15, -0.1) is 0 Å². The van der Waals surface area contributed by atoms with Crippen molar-refractivity contribution in [2.24, 2.45) is 0 Å². The number of hydrogen-bond acceptors (Lipinski definition) is 3. The largest absolute Gasteiger partial charge is 0.484 e. The van der Waals surface area contributed by atoms with E-state index in [-0.39, 0.29) is 12.5 Å². The minimum atomic E-state index is 0.0127. The molecule has 26 heavy (non-hydrogen) atoms. The molecule has 0 aromatic heterocycles. The van der Waals surface area contributed by atoms with Crippen LogP contribution < -0.4 is 9.64 Å². The first kappa shape index (κ1) is 18.9. The molecule has 0 radical (unpaired) electrons. The molecule has 2 aromatic carbocycles. The maximum atomic E-state index is 12.4. The summed E-state index contributed by atoms with van der Waals surface area (Å²) >= 11 is 12.1. The van der Waals surface area contributed by atoms with Crippen molar-refractivity contribution in [3.63, 3.8) is 0 Å². The molecule has 1 saturated heterocycles. The van der Waals surface area contributed by atoms with Crippen molar-refractivity contribution < 1.29 is 9.53 Å². The molecule has 0 atom stereocenters. The summed E-state index contributed by atoms with van der Waals surface area (Å²) in [7, 11) is 0. The van der Waals surface area contributed by atoms with Gasteiger partial charge in [-0.05, 0) is 43.7 Å². The first-order valence-electron chi connectivity index (χ1n) is 8.62. The van der Waals surface area contributed by atoms with Crippen LogP contribution in [0.25, 0.3) is 0 Å². The summed E-state index contributed by atoms with van der Waals surface area (Å²) in [5, 5.41) is 1.09. The van der Waals surface area contributed by atoms with Crippen molar-refractivity contribution in [3.8, 4) is 5.75 Å². The van der Waals surface area contributed by atoms with E-state index in [0.717, 1.165) is 30.1 Å². The molecule has 0 aliphatic carbocycles. The highest BCUT2D eigenvalue weighted by atomic mass is 35.5. The molecule has 1 fully saturated rings. The Morgan fingerprint density at radius 3 is 2.38 bits per heavy atom. The van der Waals surface area contributed by atoms with E-state index >= 15 is 0 Å². The van der Waals surface area contributed by atoms with Gasteiger partial charge in [0.1, 0.15) is 5.75 Å². The van der Waals surface area contributed by atoms with Crippen LogP contribution in [-0.2, 0) is 4.79 Å². The van der Waals surface area contributed by atoms with Gasteiger partial charge in [0.05, 0.1) is 10.0 Å². The van der Waals surface area contributed by atoms with E-state index in [1.807, 2.05) is 43.0 Å². The summed E-state index contributed by atoms with van der Waals surface area (Å²) in [5.74, 6) is 0.775. The Hall–Kier alpha value is -1.91. The molecule has 0 bridgehead atoms. The molecular formula is C20H22Cl2N2O2. The van der Waals surface area contributed by atoms with Crippen LogP contribution in [0, 0.1) is 13.8 Å². The average Bonchev–Trinajstić information content (AvgIpc) is 2.63. The molecule has 0 N–H and O–H groups in total. The van der Waals surface area contributed by atoms with Crippen LogP contribution in [0.2, 0.25) is 10.0 Å². The second-order valence-corrected chi connectivity index (χ2v) is 7.34. The fraction of sp³-hybridized carbons (Fsp3) is 0.350. The van der Waals surface area contributed by atoms with Gasteiger partial charge < -0.3 is 14.5 Å². The fourth-order valence-corrected chi connectivity index (χ4v) is 3.38. The highest BCUT2D eigenvalue weighted by molar-refractivity contribution is 6.42. The smallest absolute Gasteiger partial charge is 0.260 e. The van der Waals surface area contributed by atoms with Crippen molar-refractivity contribution in [3.05, 3.63) is 57.6 Å². The molecule has 0 unspecified atom stereocenters. The molecule has 1 aliphatic rings. The summed E-state index contributed by atoms with van der Waals surface area (Å²) < 4.78 is 5.71. The third-order valence-electron chi connectivity index (χ3n) is 4.58. The Labute approximate surface area is 164 Å². The van der Waals surface area contributed by atoms with E-state index in [1.165, 1.54) is 5.56 Å². The van der Waals surface area contributed by atoms with E-state index in [1.54, 1.807) is 6.07 Å². The lowest BCUT2D eigenvalue weighted by atomic mass is 10.1. The molecule has 0 spiro atoms. The van der Waals surface area contributed by atoms with Gasteiger partial charge in [-0.3, -0.25) is 4.79 Å². The van der Waals surface area contributed by atoms with Crippen molar-refractivity contribution in [2.75, 3.05) is 37.7 Å². The average molecular weight is 393 g/mol. The molecule has 138 valence electrons. The van der Waals surface area contributed by atoms with Crippen LogP contribution in [0.1, 0.15) is 11.1 Å². The zero-order chi connectivity index (χ0) is 18.7. The Balaban J connectivity index is 1.52. The quantitative estimate of drug-likeness (QED) is 0.775. The van der Waals surface area contributed by atoms with Gasteiger partial charge in [0.25, 0.3) is 5.91 Å². The van der Waals surface area contributed by atoms with Crippen LogP contribution in [-0.4, -0.2) is 43.6 Å². The minimum absolute atomic E-state index is 0.0127. The molecule has 1 aliphatic heterocycles. The Morgan fingerprint density at radius 1 is 1.00 bits per heavy atom. The number of ether oxygens (including phenoxy) is 1. The number of benzene rings is 2. The van der Waals surface area contributed by atoms with Gasteiger partial charge in [-0.25, -0.2) is 0 Å². The number of carbonyl (C=O) groups is 1. The second kappa shape index (κ2) is 8.19. The lowest BCUT2D eigenvalue weighted by molar-refractivity contribution is -0.133. The number of anilines is 1.